The van der Waals surface area contributed by atoms with Crippen LogP contribution in [-0.2, 0) is 13.1 Å². The summed E-state index contributed by atoms with van der Waals surface area (Å²) in [6.07, 6.45) is 0. The monoisotopic (exact) mass is 294 g/mol. The van der Waals surface area contributed by atoms with Crippen molar-refractivity contribution >= 4 is 0 Å². The van der Waals surface area contributed by atoms with E-state index in [2.05, 4.69) is 5.32 Å². The van der Waals surface area contributed by atoms with Crippen LogP contribution in [0.5, 0.6) is 11.5 Å². The first-order valence-electron chi connectivity index (χ1n) is 6.15. The van der Waals surface area contributed by atoms with Crippen molar-refractivity contribution in [1.82, 2.24) is 5.32 Å². The van der Waals surface area contributed by atoms with Crippen LogP contribution in [0.1, 0.15) is 11.1 Å². The van der Waals surface area contributed by atoms with Crippen LogP contribution in [0.2, 0.25) is 0 Å². The van der Waals surface area contributed by atoms with Crippen LogP contribution in [0.3, 0.4) is 0 Å². The van der Waals surface area contributed by atoms with Gasteiger partial charge in [0.25, 0.3) is 0 Å². The summed E-state index contributed by atoms with van der Waals surface area (Å²) in [5.74, 6) is 1.38. The first kappa shape index (κ1) is 14.6. The lowest BCUT2D eigenvalue weighted by atomic mass is 10.2. The second-order valence-electron chi connectivity index (χ2n) is 4.42. The molecule has 2 aromatic rings. The van der Waals surface area contributed by atoms with E-state index in [1.807, 2.05) is 18.2 Å². The summed E-state index contributed by atoms with van der Waals surface area (Å²) < 4.78 is 23.3. The normalized spacial score (nSPS) is 12.1. The number of nitrogens with one attached hydrogen (secondary N) is 1. The highest BCUT2D eigenvalue weighted by Gasteiger charge is 2.12. The predicted octanol–water partition coefficient (Wildman–Crippen LogP) is -0.152. The molecule has 3 nitrogen and oxygen atoms in total. The van der Waals surface area contributed by atoms with Crippen LogP contribution >= 0.6 is 0 Å². The summed E-state index contributed by atoms with van der Waals surface area (Å²) >= 11 is 0. The fourth-order valence-electron chi connectivity index (χ4n) is 2.00. The molecule has 2 aromatic carbocycles. The number of fused-ring (bicyclic) bond motifs is 1. The molecule has 0 atom stereocenters. The first-order valence-corrected chi connectivity index (χ1v) is 6.15. The van der Waals surface area contributed by atoms with Crippen LogP contribution in [0, 0.1) is 5.82 Å². The fraction of sp³-hybridized carbons (Fsp3) is 0.200. The number of ether oxygens (including phenoxy) is 2. The molecule has 0 aliphatic carbocycles. The van der Waals surface area contributed by atoms with Crippen molar-refractivity contribution in [2.24, 2.45) is 0 Å². The molecule has 0 amide bonds. The summed E-state index contributed by atoms with van der Waals surface area (Å²) in [5, 5.41) is 3.31. The quantitative estimate of drug-likeness (QED) is 0.851. The van der Waals surface area contributed by atoms with Gasteiger partial charge in [0.05, 0.1) is 0 Å². The van der Waals surface area contributed by atoms with E-state index >= 15 is 0 Å². The minimum atomic E-state index is -0.209. The Morgan fingerprint density at radius 1 is 0.900 bits per heavy atom. The largest absolute Gasteiger partial charge is 1.00 e. The molecule has 1 heterocycles. The number of hydrogen-bond acceptors (Lipinski definition) is 3. The number of rotatable bonds is 4. The van der Waals surface area contributed by atoms with Gasteiger partial charge in [-0.1, -0.05) is 18.2 Å². The molecular formula is C15H14ClFNO2-. The van der Waals surface area contributed by atoms with Crippen molar-refractivity contribution in [2.75, 3.05) is 6.79 Å². The van der Waals surface area contributed by atoms with Gasteiger partial charge in [-0.05, 0) is 35.4 Å². The number of hydrogen-bond donors (Lipinski definition) is 1. The van der Waals surface area contributed by atoms with Crippen LogP contribution in [-0.4, -0.2) is 6.79 Å². The summed E-state index contributed by atoms with van der Waals surface area (Å²) in [7, 11) is 0. The van der Waals surface area contributed by atoms with Gasteiger partial charge in [-0.25, -0.2) is 4.39 Å². The third-order valence-corrected chi connectivity index (χ3v) is 3.01. The van der Waals surface area contributed by atoms with E-state index in [0.717, 1.165) is 29.2 Å². The van der Waals surface area contributed by atoms with Gasteiger partial charge in [-0.3, -0.25) is 0 Å². The van der Waals surface area contributed by atoms with Crippen LogP contribution in [0.25, 0.3) is 0 Å². The van der Waals surface area contributed by atoms with Gasteiger partial charge >= 0.3 is 0 Å². The summed E-state index contributed by atoms with van der Waals surface area (Å²) in [6.45, 7) is 1.73. The molecule has 20 heavy (non-hydrogen) atoms. The molecule has 1 aliphatic heterocycles. The molecule has 106 valence electrons. The molecule has 0 fully saturated rings. The van der Waals surface area contributed by atoms with Crippen molar-refractivity contribution in [2.45, 2.75) is 13.1 Å². The molecule has 0 spiro atoms. The van der Waals surface area contributed by atoms with Gasteiger partial charge in [0.15, 0.2) is 11.5 Å². The fourth-order valence-corrected chi connectivity index (χ4v) is 2.00. The number of halogens is 2. The van der Waals surface area contributed by atoms with Gasteiger partial charge in [0, 0.05) is 13.1 Å². The lowest BCUT2D eigenvalue weighted by Gasteiger charge is -2.06. The van der Waals surface area contributed by atoms with Crippen LogP contribution in [0.4, 0.5) is 4.39 Å². The minimum absolute atomic E-state index is 0. The second kappa shape index (κ2) is 6.59. The molecule has 3 rings (SSSR count). The Balaban J connectivity index is 0.00000147. The van der Waals surface area contributed by atoms with E-state index < -0.39 is 0 Å². The van der Waals surface area contributed by atoms with Crippen molar-refractivity contribution in [3.05, 3.63) is 59.4 Å². The van der Waals surface area contributed by atoms with Gasteiger partial charge in [0.2, 0.25) is 6.79 Å². The van der Waals surface area contributed by atoms with Crippen molar-refractivity contribution in [3.63, 3.8) is 0 Å². The highest BCUT2D eigenvalue weighted by Crippen LogP contribution is 2.32. The minimum Gasteiger partial charge on any atom is -1.00 e. The SMILES string of the molecule is Fc1ccc(CNCc2ccc3c(c2)OCO3)cc1.[Cl-]. The van der Waals surface area contributed by atoms with E-state index in [9.17, 15) is 4.39 Å². The zero-order valence-corrected chi connectivity index (χ0v) is 11.5. The average Bonchev–Trinajstić information content (AvgIpc) is 2.88. The van der Waals surface area contributed by atoms with E-state index in [-0.39, 0.29) is 18.2 Å². The Morgan fingerprint density at radius 2 is 1.55 bits per heavy atom. The molecular weight excluding hydrogens is 281 g/mol. The maximum absolute atomic E-state index is 12.8. The van der Waals surface area contributed by atoms with Gasteiger partial charge < -0.3 is 27.2 Å². The Bertz CT molecular complexity index is 575. The Morgan fingerprint density at radius 3 is 2.35 bits per heavy atom. The smallest absolute Gasteiger partial charge is 0.231 e. The Labute approximate surface area is 123 Å². The van der Waals surface area contributed by atoms with E-state index in [1.54, 1.807) is 12.1 Å². The molecule has 0 saturated heterocycles. The topological polar surface area (TPSA) is 30.5 Å². The molecule has 0 radical (unpaired) electrons. The first-order chi connectivity index (χ1) is 9.31. The predicted molar refractivity (Wildman–Crippen MR) is 69.5 cm³/mol. The van der Waals surface area contributed by atoms with Crippen LogP contribution < -0.4 is 27.2 Å². The highest BCUT2D eigenvalue weighted by atomic mass is 35.5. The van der Waals surface area contributed by atoms with Gasteiger partial charge in [-0.15, -0.1) is 0 Å². The lowest BCUT2D eigenvalue weighted by Crippen LogP contribution is -3.00. The summed E-state index contributed by atoms with van der Waals surface area (Å²) in [5.41, 5.74) is 2.19. The average molecular weight is 295 g/mol. The zero-order valence-electron chi connectivity index (χ0n) is 10.7. The third kappa shape index (κ3) is 3.40. The van der Waals surface area contributed by atoms with Crippen LogP contribution in [0.15, 0.2) is 42.5 Å². The highest BCUT2D eigenvalue weighted by molar-refractivity contribution is 5.44. The van der Waals surface area contributed by atoms with Crippen molar-refractivity contribution in [1.29, 1.82) is 0 Å². The van der Waals surface area contributed by atoms with E-state index in [1.165, 1.54) is 12.1 Å². The summed E-state index contributed by atoms with van der Waals surface area (Å²) in [4.78, 5) is 0. The van der Waals surface area contributed by atoms with Crippen molar-refractivity contribution < 1.29 is 26.3 Å². The Kier molecular flexibility index (Phi) is 4.82. The molecule has 0 saturated carbocycles. The molecule has 1 N–H and O–H groups in total. The zero-order chi connectivity index (χ0) is 13.1. The summed E-state index contributed by atoms with van der Waals surface area (Å²) in [6, 6.07) is 12.4. The number of benzene rings is 2. The van der Waals surface area contributed by atoms with Crippen molar-refractivity contribution in [3.8, 4) is 11.5 Å². The van der Waals surface area contributed by atoms with Gasteiger partial charge in [-0.2, -0.15) is 0 Å². The lowest BCUT2D eigenvalue weighted by molar-refractivity contribution is -0.00000601. The second-order valence-corrected chi connectivity index (χ2v) is 4.42. The molecule has 0 aromatic heterocycles. The molecule has 0 bridgehead atoms. The van der Waals surface area contributed by atoms with E-state index in [0.29, 0.717) is 13.3 Å². The molecule has 5 heteroatoms. The standard InChI is InChI=1S/C15H14FNO2.ClH/c16-13-4-1-11(2-5-13)8-17-9-12-3-6-14-15(7-12)19-10-18-14;/h1-7,17H,8-10H2;1H/p-1. The maximum atomic E-state index is 12.8. The van der Waals surface area contributed by atoms with Gasteiger partial charge in [0.1, 0.15) is 5.82 Å². The maximum Gasteiger partial charge on any atom is 0.231 e. The Hall–Kier alpha value is -1.78. The van der Waals surface area contributed by atoms with E-state index in [4.69, 9.17) is 9.47 Å². The molecule has 0 unspecified atom stereocenters. The molecule has 1 aliphatic rings. The third-order valence-electron chi connectivity index (χ3n) is 3.01.